The number of alkyl halides is 3. The summed E-state index contributed by atoms with van der Waals surface area (Å²) in [6, 6.07) is 0.347. The lowest BCUT2D eigenvalue weighted by molar-refractivity contribution is -0.149. The second-order valence-electron chi connectivity index (χ2n) is 10.7. The average Bonchev–Trinajstić information content (AvgIpc) is 3.25. The molecule has 5 heterocycles. The minimum absolute atomic E-state index is 0.164. The quantitative estimate of drug-likeness (QED) is 0.529. The van der Waals surface area contributed by atoms with Gasteiger partial charge >= 0.3 is 12.2 Å². The van der Waals surface area contributed by atoms with Gasteiger partial charge in [-0.1, -0.05) is 0 Å². The zero-order valence-electron chi connectivity index (χ0n) is 23.1. The molecule has 3 aliphatic heterocycles. The molecule has 2 N–H and O–H groups in total. The van der Waals surface area contributed by atoms with Gasteiger partial charge in [-0.2, -0.15) is 13.2 Å². The maximum absolute atomic E-state index is 13.6. The van der Waals surface area contributed by atoms with E-state index in [9.17, 15) is 22.8 Å². The van der Waals surface area contributed by atoms with Crippen molar-refractivity contribution in [3.63, 3.8) is 0 Å². The number of aromatic nitrogens is 3. The van der Waals surface area contributed by atoms with Gasteiger partial charge in [-0.15, -0.1) is 0 Å². The molecule has 0 spiro atoms. The van der Waals surface area contributed by atoms with Crippen LogP contribution in [0.2, 0.25) is 0 Å². The Kier molecular flexibility index (Phi) is 7.68. The highest BCUT2D eigenvalue weighted by molar-refractivity contribution is 6.04. The summed E-state index contributed by atoms with van der Waals surface area (Å²) >= 11 is 0. The molecule has 5 rings (SSSR count). The highest BCUT2D eigenvalue weighted by Crippen LogP contribution is 2.40. The van der Waals surface area contributed by atoms with Crippen molar-refractivity contribution < 1.29 is 37.0 Å². The Morgan fingerprint density at radius 3 is 2.71 bits per heavy atom. The number of ether oxygens (including phenoxy) is 3. The zero-order chi connectivity index (χ0) is 29.5. The van der Waals surface area contributed by atoms with Crippen molar-refractivity contribution in [3.8, 4) is 5.75 Å². The van der Waals surface area contributed by atoms with Crippen LogP contribution in [0.15, 0.2) is 18.3 Å². The molecule has 0 aliphatic carbocycles. The van der Waals surface area contributed by atoms with Crippen molar-refractivity contribution in [1.82, 2.24) is 20.3 Å². The third-order valence-corrected chi connectivity index (χ3v) is 7.08. The Morgan fingerprint density at radius 2 is 2.05 bits per heavy atom. The molecule has 0 saturated carbocycles. The van der Waals surface area contributed by atoms with E-state index < -0.39 is 35.8 Å². The van der Waals surface area contributed by atoms with Gasteiger partial charge < -0.3 is 24.4 Å². The molecule has 3 amide bonds. The first kappa shape index (κ1) is 28.8. The minimum atomic E-state index is -4.63. The maximum atomic E-state index is 13.6. The molecule has 0 radical (unpaired) electrons. The molecule has 0 aromatic carbocycles. The fourth-order valence-corrected chi connectivity index (χ4v) is 5.08. The number of hydrogen-bond donors (Lipinski definition) is 2. The number of urea groups is 1. The minimum Gasteiger partial charge on any atom is -0.489 e. The monoisotopic (exact) mass is 579 g/mol. The number of amides is 3. The number of pyridine rings is 1. The number of rotatable bonds is 6. The van der Waals surface area contributed by atoms with Crippen molar-refractivity contribution >= 4 is 29.3 Å². The van der Waals surface area contributed by atoms with E-state index in [1.807, 2.05) is 24.1 Å². The fourth-order valence-electron chi connectivity index (χ4n) is 5.08. The summed E-state index contributed by atoms with van der Waals surface area (Å²) in [6.07, 6.45) is -1.87. The molecular weight excluding hydrogens is 547 g/mol. The largest absolute Gasteiger partial charge is 0.489 e. The van der Waals surface area contributed by atoms with Crippen LogP contribution >= 0.6 is 0 Å². The van der Waals surface area contributed by atoms with Gasteiger partial charge in [-0.3, -0.25) is 15.0 Å². The van der Waals surface area contributed by atoms with E-state index >= 15 is 0 Å². The highest BCUT2D eigenvalue weighted by Gasteiger charge is 2.41. The molecule has 12 nitrogen and oxygen atoms in total. The van der Waals surface area contributed by atoms with Gasteiger partial charge in [0.1, 0.15) is 36.0 Å². The van der Waals surface area contributed by atoms with Crippen LogP contribution in [0.4, 0.5) is 35.3 Å². The van der Waals surface area contributed by atoms with Crippen molar-refractivity contribution in [1.29, 1.82) is 0 Å². The van der Waals surface area contributed by atoms with E-state index in [-0.39, 0.29) is 30.4 Å². The van der Waals surface area contributed by atoms with E-state index in [1.54, 1.807) is 19.1 Å². The molecule has 2 aromatic rings. The van der Waals surface area contributed by atoms with Crippen molar-refractivity contribution in [2.75, 3.05) is 41.4 Å². The Bertz CT molecular complexity index is 1310. The molecule has 41 heavy (non-hydrogen) atoms. The van der Waals surface area contributed by atoms with Gasteiger partial charge in [-0.25, -0.2) is 19.7 Å². The molecule has 2 fully saturated rings. The van der Waals surface area contributed by atoms with Gasteiger partial charge in [0.25, 0.3) is 5.91 Å². The predicted octanol–water partition coefficient (Wildman–Crippen LogP) is 3.41. The third-order valence-electron chi connectivity index (χ3n) is 7.08. The number of halogens is 3. The van der Waals surface area contributed by atoms with Gasteiger partial charge in [0.2, 0.25) is 5.82 Å². The molecule has 2 bridgehead atoms. The van der Waals surface area contributed by atoms with Crippen LogP contribution in [0.3, 0.4) is 0 Å². The number of aryl methyl sites for hydroxylation is 1. The Balaban J connectivity index is 1.32. The number of nitrogens with one attached hydrogen (secondary N) is 2. The van der Waals surface area contributed by atoms with Crippen LogP contribution < -0.4 is 25.2 Å². The normalized spacial score (nSPS) is 22.1. The SMILES string of the molecule is Cc1nc(C(=O)N[C@H](C)C(F)(F)F)nc2c1N1CCCC(C1)N2C(=O)Nc1ccc(OC[C@@H]2COC(C)(C)O2)cn1. The Labute approximate surface area is 234 Å². The third kappa shape index (κ3) is 6.30. The summed E-state index contributed by atoms with van der Waals surface area (Å²) in [6.45, 7) is 8.06. The van der Waals surface area contributed by atoms with Crippen LogP contribution in [0, 0.1) is 6.92 Å². The van der Waals surface area contributed by atoms with E-state index in [0.717, 1.165) is 13.3 Å². The number of carbonyl (C=O) groups is 2. The van der Waals surface area contributed by atoms with Crippen molar-refractivity contribution in [2.45, 2.75) is 70.7 Å². The van der Waals surface area contributed by atoms with Crippen LogP contribution in [-0.2, 0) is 9.47 Å². The van der Waals surface area contributed by atoms with E-state index in [0.29, 0.717) is 43.2 Å². The smallest absolute Gasteiger partial charge is 0.408 e. The molecule has 3 atom stereocenters. The van der Waals surface area contributed by atoms with Crippen LogP contribution in [0.25, 0.3) is 0 Å². The number of piperidine rings is 1. The Hall–Kier alpha value is -3.72. The summed E-state index contributed by atoms with van der Waals surface area (Å²) < 4.78 is 56.1. The number of carbonyl (C=O) groups excluding carboxylic acids is 2. The summed E-state index contributed by atoms with van der Waals surface area (Å²) in [5.41, 5.74) is 0.951. The predicted molar refractivity (Wildman–Crippen MR) is 141 cm³/mol. The molecule has 2 aromatic heterocycles. The number of fused-ring (bicyclic) bond motifs is 4. The molecule has 15 heteroatoms. The first-order chi connectivity index (χ1) is 19.3. The number of hydrogen-bond acceptors (Lipinski definition) is 9. The second kappa shape index (κ2) is 10.9. The Morgan fingerprint density at radius 1 is 1.27 bits per heavy atom. The van der Waals surface area contributed by atoms with E-state index in [2.05, 4.69) is 20.3 Å². The number of nitrogens with zero attached hydrogens (tertiary/aromatic N) is 5. The summed E-state index contributed by atoms with van der Waals surface area (Å²) in [7, 11) is 0. The lowest BCUT2D eigenvalue weighted by atomic mass is 9.99. The topological polar surface area (TPSA) is 131 Å². The first-order valence-electron chi connectivity index (χ1n) is 13.3. The molecule has 1 unspecified atom stereocenters. The fraction of sp³-hybridized carbons (Fsp3) is 0.577. The highest BCUT2D eigenvalue weighted by atomic mass is 19.4. The van der Waals surface area contributed by atoms with Gasteiger partial charge in [0, 0.05) is 13.1 Å². The van der Waals surface area contributed by atoms with Gasteiger partial charge in [0.05, 0.1) is 24.5 Å². The number of anilines is 3. The van der Waals surface area contributed by atoms with E-state index in [1.165, 1.54) is 11.1 Å². The van der Waals surface area contributed by atoms with Crippen LogP contribution in [0.1, 0.15) is 49.9 Å². The van der Waals surface area contributed by atoms with Crippen molar-refractivity contribution in [2.24, 2.45) is 0 Å². The zero-order valence-corrected chi connectivity index (χ0v) is 23.1. The van der Waals surface area contributed by atoms with Crippen LogP contribution in [-0.4, -0.2) is 83.3 Å². The van der Waals surface area contributed by atoms with E-state index in [4.69, 9.17) is 14.2 Å². The van der Waals surface area contributed by atoms with Gasteiger partial charge in [0.15, 0.2) is 11.6 Å². The average molecular weight is 580 g/mol. The summed E-state index contributed by atoms with van der Waals surface area (Å²) in [5, 5.41) is 4.64. The van der Waals surface area contributed by atoms with Gasteiger partial charge in [-0.05, 0) is 52.7 Å². The molecular formula is C26H32F3N7O5. The molecule has 2 saturated heterocycles. The lowest BCUT2D eigenvalue weighted by Crippen LogP contribution is -2.56. The van der Waals surface area contributed by atoms with Crippen LogP contribution in [0.5, 0.6) is 5.75 Å². The molecule has 222 valence electrons. The van der Waals surface area contributed by atoms with Crippen molar-refractivity contribution in [3.05, 3.63) is 29.8 Å². The molecule has 3 aliphatic rings. The summed E-state index contributed by atoms with van der Waals surface area (Å²) in [5.74, 6) is -1.28. The maximum Gasteiger partial charge on any atom is 0.408 e. The standard InChI is InChI=1S/C26H32F3N7O5/c1-14-20-22(34-21(31-14)23(37)32-15(2)26(27,28)29)36(16-6-5-9-35(20)11-16)24(38)33-19-8-7-17(10-30-19)39-12-18-13-40-25(3,4)41-18/h7-8,10,15-16,18H,5-6,9,11-13H2,1-4H3,(H,32,37)(H,30,33,38)/t15-,16?,18-/m1/s1. The first-order valence-corrected chi connectivity index (χ1v) is 13.3. The lowest BCUT2D eigenvalue weighted by Gasteiger charge is -2.46. The summed E-state index contributed by atoms with van der Waals surface area (Å²) in [4.78, 5) is 42.4. The second-order valence-corrected chi connectivity index (χ2v) is 10.7.